The van der Waals surface area contributed by atoms with Crippen LogP contribution >= 0.6 is 0 Å². The minimum Gasteiger partial charge on any atom is -0.393 e. The summed E-state index contributed by atoms with van der Waals surface area (Å²) in [6.45, 7) is 0. The summed E-state index contributed by atoms with van der Waals surface area (Å²) < 4.78 is 0. The Morgan fingerprint density at radius 1 is 0.350 bits per heavy atom. The molecule has 0 aliphatic heterocycles. The second-order valence-electron chi connectivity index (χ2n) is 6.70. The first kappa shape index (κ1) is 18.0. The Balaban J connectivity index is 2.16. The van der Waals surface area contributed by atoms with E-state index >= 15 is 0 Å². The highest BCUT2D eigenvalue weighted by atomic mass is 16.3. The number of rotatable bonds is 0. The van der Waals surface area contributed by atoms with Gasteiger partial charge in [0.2, 0.25) is 0 Å². The van der Waals surface area contributed by atoms with Crippen molar-refractivity contribution in [2.75, 3.05) is 0 Å². The van der Waals surface area contributed by atoms with Gasteiger partial charge in [0.05, 0.1) is 12.2 Å². The van der Waals surface area contributed by atoms with Gasteiger partial charge in [0, 0.05) is 0 Å². The van der Waals surface area contributed by atoms with Crippen molar-refractivity contribution < 1.29 is 10.2 Å². The van der Waals surface area contributed by atoms with Crippen LogP contribution in [0.2, 0.25) is 0 Å². The molecule has 20 heavy (non-hydrogen) atoms. The van der Waals surface area contributed by atoms with Crippen LogP contribution in [0, 0.1) is 0 Å². The zero-order chi connectivity index (χ0) is 14.5. The molecule has 1 rings (SSSR count). The molecule has 0 bridgehead atoms. The SMILES string of the molecule is OC1CCCCCCCCC(O)CCCCCCCC1. The van der Waals surface area contributed by atoms with Crippen molar-refractivity contribution in [2.45, 2.75) is 115 Å². The second-order valence-corrected chi connectivity index (χ2v) is 6.70. The summed E-state index contributed by atoms with van der Waals surface area (Å²) in [4.78, 5) is 0. The summed E-state index contributed by atoms with van der Waals surface area (Å²) in [5.74, 6) is 0. The molecule has 0 heterocycles. The van der Waals surface area contributed by atoms with Crippen LogP contribution in [-0.4, -0.2) is 22.4 Å². The minimum absolute atomic E-state index is 0.0518. The van der Waals surface area contributed by atoms with Gasteiger partial charge in [-0.15, -0.1) is 0 Å². The molecule has 120 valence electrons. The molecule has 0 radical (unpaired) electrons. The largest absolute Gasteiger partial charge is 0.393 e. The van der Waals surface area contributed by atoms with Crippen LogP contribution in [-0.2, 0) is 0 Å². The Morgan fingerprint density at radius 3 is 0.800 bits per heavy atom. The lowest BCUT2D eigenvalue weighted by Crippen LogP contribution is -2.07. The van der Waals surface area contributed by atoms with E-state index in [1.807, 2.05) is 0 Å². The van der Waals surface area contributed by atoms with Gasteiger partial charge in [-0.25, -0.2) is 0 Å². The third-order valence-electron chi connectivity index (χ3n) is 4.65. The quantitative estimate of drug-likeness (QED) is 0.660. The topological polar surface area (TPSA) is 40.5 Å². The molecule has 0 aromatic rings. The molecule has 1 aliphatic carbocycles. The zero-order valence-corrected chi connectivity index (χ0v) is 13.4. The first-order chi connectivity index (χ1) is 9.79. The van der Waals surface area contributed by atoms with Crippen LogP contribution in [0.5, 0.6) is 0 Å². The number of hydrogen-bond donors (Lipinski definition) is 2. The smallest absolute Gasteiger partial charge is 0.0540 e. The third-order valence-corrected chi connectivity index (χ3v) is 4.65. The van der Waals surface area contributed by atoms with Gasteiger partial charge >= 0.3 is 0 Å². The third kappa shape index (κ3) is 10.7. The van der Waals surface area contributed by atoms with E-state index in [0.29, 0.717) is 0 Å². The van der Waals surface area contributed by atoms with Crippen LogP contribution in [0.3, 0.4) is 0 Å². The van der Waals surface area contributed by atoms with E-state index in [4.69, 9.17) is 0 Å². The maximum absolute atomic E-state index is 9.90. The molecule has 0 unspecified atom stereocenters. The van der Waals surface area contributed by atoms with Crippen LogP contribution in [0.1, 0.15) is 103 Å². The molecule has 2 heteroatoms. The summed E-state index contributed by atoms with van der Waals surface area (Å²) >= 11 is 0. The molecule has 0 spiro atoms. The summed E-state index contributed by atoms with van der Waals surface area (Å²) in [7, 11) is 0. The van der Waals surface area contributed by atoms with E-state index in [2.05, 4.69) is 0 Å². The summed E-state index contributed by atoms with van der Waals surface area (Å²) in [5.41, 5.74) is 0. The normalized spacial score (nSPS) is 30.3. The highest BCUT2D eigenvalue weighted by Gasteiger charge is 2.06. The van der Waals surface area contributed by atoms with Gasteiger partial charge in [-0.1, -0.05) is 77.0 Å². The Morgan fingerprint density at radius 2 is 0.550 bits per heavy atom. The highest BCUT2D eigenvalue weighted by molar-refractivity contribution is 4.60. The Bertz CT molecular complexity index is 164. The van der Waals surface area contributed by atoms with Gasteiger partial charge in [-0.2, -0.15) is 0 Å². The van der Waals surface area contributed by atoms with Gasteiger partial charge in [-0.05, 0) is 25.7 Å². The summed E-state index contributed by atoms with van der Waals surface area (Å²) in [5, 5.41) is 19.8. The molecule has 1 fully saturated rings. The van der Waals surface area contributed by atoms with Crippen molar-refractivity contribution in [1.29, 1.82) is 0 Å². The summed E-state index contributed by atoms with van der Waals surface area (Å²) in [6.07, 6.45) is 18.9. The second kappa shape index (κ2) is 12.6. The zero-order valence-electron chi connectivity index (χ0n) is 13.4. The van der Waals surface area contributed by atoms with Crippen molar-refractivity contribution in [1.82, 2.24) is 0 Å². The number of hydrogen-bond acceptors (Lipinski definition) is 2. The van der Waals surface area contributed by atoms with Gasteiger partial charge < -0.3 is 10.2 Å². The van der Waals surface area contributed by atoms with Gasteiger partial charge in [0.1, 0.15) is 0 Å². The fourth-order valence-corrected chi connectivity index (χ4v) is 3.22. The molecular formula is C18H36O2. The highest BCUT2D eigenvalue weighted by Crippen LogP contribution is 2.17. The van der Waals surface area contributed by atoms with Crippen molar-refractivity contribution in [3.05, 3.63) is 0 Å². The Kier molecular flexibility index (Phi) is 11.4. The minimum atomic E-state index is -0.0518. The van der Waals surface area contributed by atoms with E-state index in [-0.39, 0.29) is 12.2 Å². The lowest BCUT2D eigenvalue weighted by Gasteiger charge is -2.12. The molecule has 2 N–H and O–H groups in total. The van der Waals surface area contributed by atoms with Crippen molar-refractivity contribution in [3.8, 4) is 0 Å². The lowest BCUT2D eigenvalue weighted by atomic mass is 9.99. The maximum atomic E-state index is 9.90. The van der Waals surface area contributed by atoms with E-state index in [9.17, 15) is 10.2 Å². The Hall–Kier alpha value is -0.0800. The predicted molar refractivity (Wildman–Crippen MR) is 85.9 cm³/mol. The van der Waals surface area contributed by atoms with E-state index in [1.54, 1.807) is 0 Å². The average molecular weight is 284 g/mol. The fraction of sp³-hybridized carbons (Fsp3) is 1.00. The monoisotopic (exact) mass is 284 g/mol. The van der Waals surface area contributed by atoms with Gasteiger partial charge in [-0.3, -0.25) is 0 Å². The molecule has 0 aromatic heterocycles. The van der Waals surface area contributed by atoms with Crippen molar-refractivity contribution in [2.24, 2.45) is 0 Å². The lowest BCUT2D eigenvalue weighted by molar-refractivity contribution is 0.143. The molecule has 0 atom stereocenters. The predicted octanol–water partition coefficient (Wildman–Crippen LogP) is 4.96. The van der Waals surface area contributed by atoms with Crippen LogP contribution in [0.25, 0.3) is 0 Å². The van der Waals surface area contributed by atoms with Gasteiger partial charge in [0.15, 0.2) is 0 Å². The fourth-order valence-electron chi connectivity index (χ4n) is 3.22. The molecule has 0 aromatic carbocycles. The van der Waals surface area contributed by atoms with Crippen LogP contribution in [0.15, 0.2) is 0 Å². The average Bonchev–Trinajstić information content (AvgIpc) is 2.43. The molecule has 2 nitrogen and oxygen atoms in total. The molecular weight excluding hydrogens is 248 g/mol. The van der Waals surface area contributed by atoms with Crippen molar-refractivity contribution >= 4 is 0 Å². The Labute approximate surface area is 126 Å². The van der Waals surface area contributed by atoms with Crippen LogP contribution in [0.4, 0.5) is 0 Å². The standard InChI is InChI=1S/C18H36O2/c19-17-13-9-5-1-2-6-10-14-18(20)16-12-8-4-3-7-11-15-17/h17-20H,1-16H2. The number of aliphatic hydroxyl groups excluding tert-OH is 2. The van der Waals surface area contributed by atoms with E-state index in [0.717, 1.165) is 25.7 Å². The van der Waals surface area contributed by atoms with Crippen LogP contribution < -0.4 is 0 Å². The molecule has 0 amide bonds. The molecule has 0 saturated heterocycles. The number of aliphatic hydroxyl groups is 2. The van der Waals surface area contributed by atoms with Gasteiger partial charge in [0.25, 0.3) is 0 Å². The molecule has 1 saturated carbocycles. The maximum Gasteiger partial charge on any atom is 0.0540 e. The van der Waals surface area contributed by atoms with Crippen molar-refractivity contribution in [3.63, 3.8) is 0 Å². The van der Waals surface area contributed by atoms with E-state index in [1.165, 1.54) is 77.0 Å². The van der Waals surface area contributed by atoms with E-state index < -0.39 is 0 Å². The first-order valence-corrected chi connectivity index (χ1v) is 9.15. The summed E-state index contributed by atoms with van der Waals surface area (Å²) in [6, 6.07) is 0. The first-order valence-electron chi connectivity index (χ1n) is 9.15. The molecule has 1 aliphatic rings.